The maximum Gasteiger partial charge on any atom is 0.342 e. The summed E-state index contributed by atoms with van der Waals surface area (Å²) < 4.78 is 10.8. The number of benzene rings is 3. The minimum absolute atomic E-state index is 0.0217. The minimum atomic E-state index is -0.751. The van der Waals surface area contributed by atoms with Crippen LogP contribution in [0.3, 0.4) is 0 Å². The van der Waals surface area contributed by atoms with E-state index in [2.05, 4.69) is 5.32 Å². The number of carbonyl (C=O) groups excluding carboxylic acids is 4. The molecule has 0 aromatic heterocycles. The van der Waals surface area contributed by atoms with Crippen molar-refractivity contribution in [3.05, 3.63) is 94.0 Å². The Labute approximate surface area is 208 Å². The van der Waals surface area contributed by atoms with Gasteiger partial charge in [0.1, 0.15) is 11.3 Å². The molecule has 1 N–H and O–H groups in total. The van der Waals surface area contributed by atoms with Crippen LogP contribution in [0.25, 0.3) is 0 Å². The molecule has 1 aliphatic heterocycles. The third-order valence-corrected chi connectivity index (χ3v) is 5.86. The van der Waals surface area contributed by atoms with Crippen molar-refractivity contribution in [1.29, 1.82) is 0 Å². The molecule has 0 aliphatic carbocycles. The molecule has 3 amide bonds. The van der Waals surface area contributed by atoms with Gasteiger partial charge in [0.05, 0.1) is 24.3 Å². The van der Waals surface area contributed by atoms with E-state index in [1.807, 2.05) is 32.0 Å². The fourth-order valence-electron chi connectivity index (χ4n) is 4.08. The number of anilines is 1. The zero-order valence-electron chi connectivity index (χ0n) is 20.3. The molecule has 8 heteroatoms. The van der Waals surface area contributed by atoms with E-state index in [4.69, 9.17) is 9.47 Å². The molecule has 184 valence electrons. The molecule has 1 heterocycles. The molecule has 0 unspecified atom stereocenters. The first-order valence-corrected chi connectivity index (χ1v) is 11.5. The second-order valence-corrected chi connectivity index (χ2v) is 8.40. The maximum absolute atomic E-state index is 12.9. The van der Waals surface area contributed by atoms with Gasteiger partial charge in [-0.05, 0) is 61.7 Å². The van der Waals surface area contributed by atoms with Gasteiger partial charge in [0.15, 0.2) is 6.61 Å². The average molecular weight is 487 g/mol. The van der Waals surface area contributed by atoms with Gasteiger partial charge in [-0.15, -0.1) is 0 Å². The lowest BCUT2D eigenvalue weighted by Crippen LogP contribution is -2.29. The van der Waals surface area contributed by atoms with Gasteiger partial charge in [-0.25, -0.2) is 4.79 Å². The van der Waals surface area contributed by atoms with Gasteiger partial charge in [0.25, 0.3) is 17.7 Å². The van der Waals surface area contributed by atoms with Crippen LogP contribution >= 0.6 is 0 Å². The van der Waals surface area contributed by atoms with E-state index in [0.29, 0.717) is 29.0 Å². The lowest BCUT2D eigenvalue weighted by atomic mass is 10.1. The Kier molecular flexibility index (Phi) is 7.15. The third-order valence-electron chi connectivity index (χ3n) is 5.86. The normalized spacial score (nSPS) is 12.4. The molecule has 0 spiro atoms. The number of carbonyl (C=O) groups is 4. The highest BCUT2D eigenvalue weighted by Crippen LogP contribution is 2.27. The fourth-order valence-corrected chi connectivity index (χ4v) is 4.08. The number of aryl methyl sites for hydroxylation is 2. The molecule has 0 fully saturated rings. The Balaban J connectivity index is 1.48. The van der Waals surface area contributed by atoms with Gasteiger partial charge in [-0.1, -0.05) is 36.4 Å². The highest BCUT2D eigenvalue weighted by atomic mass is 16.5. The second-order valence-electron chi connectivity index (χ2n) is 8.40. The zero-order valence-corrected chi connectivity index (χ0v) is 20.3. The highest BCUT2D eigenvalue weighted by molar-refractivity contribution is 6.21. The highest BCUT2D eigenvalue weighted by Gasteiger charge is 2.35. The Morgan fingerprint density at radius 2 is 1.53 bits per heavy atom. The summed E-state index contributed by atoms with van der Waals surface area (Å²) in [6, 6.07) is 17.1. The smallest absolute Gasteiger partial charge is 0.342 e. The SMILES string of the molecule is CCOc1ccc(CN2C(=O)c3ccccc3C2=O)cc1C(=O)OCC(=O)Nc1c(C)cccc1C. The molecule has 0 saturated heterocycles. The van der Waals surface area contributed by atoms with Crippen LogP contribution in [0.2, 0.25) is 0 Å². The summed E-state index contributed by atoms with van der Waals surface area (Å²) in [4.78, 5) is 51.9. The van der Waals surface area contributed by atoms with Crippen LogP contribution in [0.5, 0.6) is 5.75 Å². The molecule has 3 aromatic rings. The van der Waals surface area contributed by atoms with Crippen molar-refractivity contribution in [3.63, 3.8) is 0 Å². The minimum Gasteiger partial charge on any atom is -0.493 e. The van der Waals surface area contributed by atoms with Crippen LogP contribution in [-0.4, -0.2) is 41.8 Å². The van der Waals surface area contributed by atoms with E-state index in [9.17, 15) is 19.2 Å². The Morgan fingerprint density at radius 3 is 2.14 bits per heavy atom. The zero-order chi connectivity index (χ0) is 25.8. The van der Waals surface area contributed by atoms with Crippen LogP contribution in [-0.2, 0) is 16.1 Å². The number of nitrogens with zero attached hydrogens (tertiary/aromatic N) is 1. The summed E-state index contributed by atoms with van der Waals surface area (Å²) in [5, 5.41) is 2.77. The van der Waals surface area contributed by atoms with Gasteiger partial charge in [-0.2, -0.15) is 0 Å². The van der Waals surface area contributed by atoms with E-state index in [1.165, 1.54) is 6.07 Å². The van der Waals surface area contributed by atoms with Crippen molar-refractivity contribution < 1.29 is 28.7 Å². The van der Waals surface area contributed by atoms with E-state index in [1.54, 1.807) is 43.3 Å². The predicted molar refractivity (Wildman–Crippen MR) is 133 cm³/mol. The molecule has 0 saturated carbocycles. The number of imide groups is 1. The number of fused-ring (bicyclic) bond motifs is 1. The molecule has 3 aromatic carbocycles. The van der Waals surface area contributed by atoms with Crippen molar-refractivity contribution in [3.8, 4) is 5.75 Å². The summed E-state index contributed by atoms with van der Waals surface area (Å²) in [5.41, 5.74) is 3.82. The fraction of sp³-hybridized carbons (Fsp3) is 0.214. The van der Waals surface area contributed by atoms with Crippen LogP contribution in [0.4, 0.5) is 5.69 Å². The molecule has 36 heavy (non-hydrogen) atoms. The number of nitrogens with one attached hydrogen (secondary N) is 1. The van der Waals surface area contributed by atoms with Crippen LogP contribution in [0, 0.1) is 13.8 Å². The Hall–Kier alpha value is -4.46. The van der Waals surface area contributed by atoms with E-state index >= 15 is 0 Å². The number of hydrogen-bond donors (Lipinski definition) is 1. The molecule has 0 bridgehead atoms. The third kappa shape index (κ3) is 4.98. The maximum atomic E-state index is 12.9. The van der Waals surface area contributed by atoms with Gasteiger partial charge < -0.3 is 14.8 Å². The number of para-hydroxylation sites is 1. The standard InChI is InChI=1S/C28H26N2O6/c1-4-35-23-13-12-19(15-30-26(32)20-10-5-6-11-21(20)27(30)33)14-22(23)28(34)36-16-24(31)29-25-17(2)8-7-9-18(25)3/h5-14H,4,15-16H2,1-3H3,(H,29,31). The Bertz CT molecular complexity index is 1310. The summed E-state index contributed by atoms with van der Waals surface area (Å²) in [6.07, 6.45) is 0. The van der Waals surface area contributed by atoms with E-state index in [-0.39, 0.29) is 17.9 Å². The number of rotatable bonds is 8. The van der Waals surface area contributed by atoms with Crippen molar-refractivity contribution in [2.75, 3.05) is 18.5 Å². The monoisotopic (exact) mass is 486 g/mol. The van der Waals surface area contributed by atoms with Crippen molar-refractivity contribution in [2.45, 2.75) is 27.3 Å². The Morgan fingerprint density at radius 1 is 0.889 bits per heavy atom. The van der Waals surface area contributed by atoms with Crippen LogP contribution in [0.15, 0.2) is 60.7 Å². The van der Waals surface area contributed by atoms with Crippen LogP contribution < -0.4 is 10.1 Å². The summed E-state index contributed by atoms with van der Waals surface area (Å²) in [6.45, 7) is 5.34. The van der Waals surface area contributed by atoms with Crippen LogP contribution in [0.1, 0.15) is 54.7 Å². The number of hydrogen-bond acceptors (Lipinski definition) is 6. The summed E-state index contributed by atoms with van der Waals surface area (Å²) in [7, 11) is 0. The lowest BCUT2D eigenvalue weighted by Gasteiger charge is -2.16. The molecular weight excluding hydrogens is 460 g/mol. The number of amides is 3. The molecule has 0 radical (unpaired) electrons. The second kappa shape index (κ2) is 10.4. The lowest BCUT2D eigenvalue weighted by molar-refractivity contribution is -0.119. The van der Waals surface area contributed by atoms with Gasteiger partial charge in [0, 0.05) is 5.69 Å². The van der Waals surface area contributed by atoms with Gasteiger partial charge >= 0.3 is 5.97 Å². The molecule has 4 rings (SSSR count). The molecule has 8 nitrogen and oxygen atoms in total. The largest absolute Gasteiger partial charge is 0.493 e. The molecule has 0 atom stereocenters. The van der Waals surface area contributed by atoms with Gasteiger partial charge in [-0.3, -0.25) is 19.3 Å². The van der Waals surface area contributed by atoms with E-state index in [0.717, 1.165) is 16.0 Å². The van der Waals surface area contributed by atoms with E-state index < -0.39 is 30.3 Å². The molecular formula is C28H26N2O6. The quantitative estimate of drug-likeness (QED) is 0.376. The number of esters is 1. The predicted octanol–water partition coefficient (Wildman–Crippen LogP) is 4.29. The topological polar surface area (TPSA) is 102 Å². The first-order chi connectivity index (χ1) is 17.3. The summed E-state index contributed by atoms with van der Waals surface area (Å²) >= 11 is 0. The summed E-state index contributed by atoms with van der Waals surface area (Å²) in [5.74, 6) is -1.72. The first-order valence-electron chi connectivity index (χ1n) is 11.5. The first kappa shape index (κ1) is 24.7. The average Bonchev–Trinajstić information content (AvgIpc) is 3.11. The van der Waals surface area contributed by atoms with Crippen molar-refractivity contribution in [1.82, 2.24) is 4.90 Å². The number of ether oxygens (including phenoxy) is 2. The molecule has 1 aliphatic rings. The van der Waals surface area contributed by atoms with Crippen molar-refractivity contribution >= 4 is 29.4 Å². The van der Waals surface area contributed by atoms with Gasteiger partial charge in [0.2, 0.25) is 0 Å². The van der Waals surface area contributed by atoms with Crippen molar-refractivity contribution in [2.24, 2.45) is 0 Å².